The summed E-state index contributed by atoms with van der Waals surface area (Å²) < 4.78 is 5.48. The Kier molecular flexibility index (Phi) is 8.51. The van der Waals surface area contributed by atoms with Gasteiger partial charge in [-0.15, -0.1) is 0 Å². The van der Waals surface area contributed by atoms with Crippen molar-refractivity contribution in [2.24, 2.45) is 5.92 Å². The topological polar surface area (TPSA) is 50.1 Å². The average molecular weight is 404 g/mol. The molecule has 0 radical (unpaired) electrons. The molecule has 1 saturated carbocycles. The summed E-state index contributed by atoms with van der Waals surface area (Å²) in [5.74, 6) is 1.71. The number of hydrogen-bond donors (Lipinski definition) is 0. The van der Waals surface area contributed by atoms with Gasteiger partial charge in [-0.2, -0.15) is 5.26 Å². The molecular weight excluding hydrogens is 370 g/mol. The third-order valence-electron chi connectivity index (χ3n) is 6.37. The highest BCUT2D eigenvalue weighted by Crippen LogP contribution is 2.38. The minimum absolute atomic E-state index is 0.397. The van der Waals surface area contributed by atoms with E-state index in [1.54, 1.807) is 24.3 Å². The molecule has 0 aliphatic heterocycles. The van der Waals surface area contributed by atoms with Crippen molar-refractivity contribution in [3.63, 3.8) is 0 Å². The molecule has 0 bridgehead atoms. The molecule has 1 aliphatic carbocycles. The molecule has 0 N–H and O–H groups in total. The van der Waals surface area contributed by atoms with E-state index in [1.807, 2.05) is 18.2 Å². The number of carbonyl (C=O) groups excluding carboxylic acids is 1. The van der Waals surface area contributed by atoms with Crippen molar-refractivity contribution in [3.8, 4) is 11.8 Å². The molecule has 0 unspecified atom stereocenters. The highest BCUT2D eigenvalue weighted by molar-refractivity contribution is 5.91. The molecular formula is C27H33NO2. The van der Waals surface area contributed by atoms with Crippen LogP contribution in [0.5, 0.6) is 5.75 Å². The maximum absolute atomic E-state index is 12.3. The van der Waals surface area contributed by atoms with Crippen molar-refractivity contribution < 1.29 is 9.53 Å². The number of hydrogen-bond acceptors (Lipinski definition) is 3. The zero-order valence-corrected chi connectivity index (χ0v) is 18.1. The van der Waals surface area contributed by atoms with Gasteiger partial charge in [0.2, 0.25) is 0 Å². The zero-order chi connectivity index (χ0) is 21.2. The van der Waals surface area contributed by atoms with E-state index in [4.69, 9.17) is 10.00 Å². The van der Waals surface area contributed by atoms with E-state index in [9.17, 15) is 4.79 Å². The molecule has 0 amide bonds. The van der Waals surface area contributed by atoms with Gasteiger partial charge in [0.05, 0.1) is 17.2 Å². The minimum Gasteiger partial charge on any atom is -0.423 e. The number of carbonyl (C=O) groups is 1. The molecule has 3 rings (SSSR count). The summed E-state index contributed by atoms with van der Waals surface area (Å²) in [5.41, 5.74) is 2.34. The maximum Gasteiger partial charge on any atom is 0.343 e. The minimum atomic E-state index is -0.397. The molecule has 3 nitrogen and oxygen atoms in total. The highest BCUT2D eigenvalue weighted by Gasteiger charge is 2.22. The second-order valence-corrected chi connectivity index (χ2v) is 8.57. The average Bonchev–Trinajstić information content (AvgIpc) is 2.80. The zero-order valence-electron chi connectivity index (χ0n) is 18.1. The van der Waals surface area contributed by atoms with Crippen LogP contribution in [0.15, 0.2) is 48.5 Å². The van der Waals surface area contributed by atoms with Gasteiger partial charge in [-0.25, -0.2) is 4.79 Å². The summed E-state index contributed by atoms with van der Waals surface area (Å²) in [5, 5.41) is 8.85. The number of rotatable bonds is 9. The molecule has 0 spiro atoms. The van der Waals surface area contributed by atoms with Gasteiger partial charge in [-0.05, 0) is 79.5 Å². The van der Waals surface area contributed by atoms with Gasteiger partial charge in [-0.1, -0.05) is 57.6 Å². The summed E-state index contributed by atoms with van der Waals surface area (Å²) in [7, 11) is 0. The van der Waals surface area contributed by atoms with Crippen LogP contribution >= 0.6 is 0 Å². The largest absolute Gasteiger partial charge is 0.423 e. The lowest BCUT2D eigenvalue weighted by molar-refractivity contribution is 0.0734. The van der Waals surface area contributed by atoms with E-state index in [0.29, 0.717) is 22.8 Å². The van der Waals surface area contributed by atoms with Crippen LogP contribution in [0.1, 0.15) is 98.5 Å². The molecule has 0 saturated heterocycles. The number of unbranched alkanes of at least 4 members (excludes halogenated alkanes) is 4. The number of nitrogens with zero attached hydrogens (tertiary/aromatic N) is 1. The Morgan fingerprint density at radius 3 is 2.23 bits per heavy atom. The molecule has 3 heteroatoms. The predicted octanol–water partition coefficient (Wildman–Crippen LogP) is 7.41. The van der Waals surface area contributed by atoms with E-state index in [2.05, 4.69) is 19.1 Å². The Hall–Kier alpha value is -2.60. The molecule has 1 aliphatic rings. The summed E-state index contributed by atoms with van der Waals surface area (Å²) in [6.45, 7) is 2.27. The number of nitriles is 1. The third-order valence-corrected chi connectivity index (χ3v) is 6.37. The lowest BCUT2D eigenvalue weighted by atomic mass is 9.77. The van der Waals surface area contributed by atoms with Crippen LogP contribution < -0.4 is 4.74 Å². The van der Waals surface area contributed by atoms with Crippen LogP contribution in [0.2, 0.25) is 0 Å². The van der Waals surface area contributed by atoms with Gasteiger partial charge < -0.3 is 4.74 Å². The van der Waals surface area contributed by atoms with Crippen molar-refractivity contribution in [1.29, 1.82) is 5.26 Å². The SMILES string of the molecule is CCCCCCCC1CCC(c2ccc(OC(=O)c3ccc(C#N)cc3)cc2)CC1. The third kappa shape index (κ3) is 6.46. The maximum atomic E-state index is 12.3. The van der Waals surface area contributed by atoms with Crippen molar-refractivity contribution in [3.05, 3.63) is 65.2 Å². The first-order valence-corrected chi connectivity index (χ1v) is 11.5. The fourth-order valence-electron chi connectivity index (χ4n) is 4.48. The van der Waals surface area contributed by atoms with Crippen molar-refractivity contribution in [2.75, 3.05) is 0 Å². The van der Waals surface area contributed by atoms with Crippen LogP contribution in [-0.4, -0.2) is 5.97 Å². The molecule has 30 heavy (non-hydrogen) atoms. The first kappa shape index (κ1) is 22.1. The highest BCUT2D eigenvalue weighted by atomic mass is 16.5. The van der Waals surface area contributed by atoms with Gasteiger partial charge in [0, 0.05) is 0 Å². The van der Waals surface area contributed by atoms with Gasteiger partial charge in [-0.3, -0.25) is 0 Å². The number of ether oxygens (including phenoxy) is 1. The quantitative estimate of drug-likeness (QED) is 0.249. The second-order valence-electron chi connectivity index (χ2n) is 8.57. The Morgan fingerprint density at radius 1 is 0.933 bits per heavy atom. The molecule has 0 atom stereocenters. The fraction of sp³-hybridized carbons (Fsp3) is 0.481. The van der Waals surface area contributed by atoms with Crippen LogP contribution in [0.25, 0.3) is 0 Å². The van der Waals surface area contributed by atoms with E-state index in [0.717, 1.165) is 5.92 Å². The second kappa shape index (κ2) is 11.6. The van der Waals surface area contributed by atoms with E-state index < -0.39 is 5.97 Å². The van der Waals surface area contributed by atoms with E-state index in [-0.39, 0.29) is 0 Å². The van der Waals surface area contributed by atoms with Crippen LogP contribution in [0, 0.1) is 17.2 Å². The monoisotopic (exact) mass is 403 g/mol. The summed E-state index contributed by atoms with van der Waals surface area (Å²) in [4.78, 5) is 12.3. The normalized spacial score (nSPS) is 18.5. The van der Waals surface area contributed by atoms with Crippen LogP contribution in [0.3, 0.4) is 0 Å². The van der Waals surface area contributed by atoms with Crippen molar-refractivity contribution in [1.82, 2.24) is 0 Å². The van der Waals surface area contributed by atoms with E-state index >= 15 is 0 Å². The molecule has 2 aromatic rings. The number of esters is 1. The first-order valence-electron chi connectivity index (χ1n) is 11.5. The van der Waals surface area contributed by atoms with Crippen LogP contribution in [-0.2, 0) is 0 Å². The first-order chi connectivity index (χ1) is 14.7. The molecule has 1 fully saturated rings. The predicted molar refractivity (Wildman–Crippen MR) is 121 cm³/mol. The summed E-state index contributed by atoms with van der Waals surface area (Å²) in [6.07, 6.45) is 13.5. The summed E-state index contributed by atoms with van der Waals surface area (Å²) in [6, 6.07) is 16.6. The van der Waals surface area contributed by atoms with Crippen LogP contribution in [0.4, 0.5) is 0 Å². The Labute approximate surface area is 181 Å². The smallest absolute Gasteiger partial charge is 0.343 e. The Balaban J connectivity index is 1.44. The number of benzene rings is 2. The van der Waals surface area contributed by atoms with Crippen molar-refractivity contribution in [2.45, 2.75) is 77.0 Å². The Bertz CT molecular complexity index is 825. The van der Waals surface area contributed by atoms with Gasteiger partial charge >= 0.3 is 5.97 Å². The summed E-state index contributed by atoms with van der Waals surface area (Å²) >= 11 is 0. The molecule has 0 aromatic heterocycles. The lowest BCUT2D eigenvalue weighted by Crippen LogP contribution is -2.13. The van der Waals surface area contributed by atoms with E-state index in [1.165, 1.54) is 69.8 Å². The molecule has 0 heterocycles. The Morgan fingerprint density at radius 2 is 1.60 bits per heavy atom. The van der Waals surface area contributed by atoms with Gasteiger partial charge in [0.1, 0.15) is 5.75 Å². The molecule has 2 aromatic carbocycles. The van der Waals surface area contributed by atoms with Gasteiger partial charge in [0.15, 0.2) is 0 Å². The molecule has 158 valence electrons. The fourth-order valence-corrected chi connectivity index (χ4v) is 4.48. The standard InChI is InChI=1S/C27H33NO2/c1-2-3-4-5-6-7-21-8-12-23(13-9-21)24-16-18-26(19-17-24)30-27(29)25-14-10-22(20-28)11-15-25/h10-11,14-19,21,23H,2-9,12-13H2,1H3. The van der Waals surface area contributed by atoms with Crippen molar-refractivity contribution >= 4 is 5.97 Å². The van der Waals surface area contributed by atoms with Gasteiger partial charge in [0.25, 0.3) is 0 Å². The lowest BCUT2D eigenvalue weighted by Gasteiger charge is -2.29.